The zero-order chi connectivity index (χ0) is 17.9. The van der Waals surface area contributed by atoms with Crippen molar-refractivity contribution in [1.82, 2.24) is 9.97 Å². The minimum absolute atomic E-state index is 0.0333. The van der Waals surface area contributed by atoms with E-state index in [4.69, 9.17) is 16.3 Å². The second kappa shape index (κ2) is 7.14. The van der Waals surface area contributed by atoms with Crippen LogP contribution in [0.2, 0.25) is 5.02 Å². The molecule has 1 atom stereocenters. The van der Waals surface area contributed by atoms with Crippen molar-refractivity contribution >= 4 is 23.2 Å². The van der Waals surface area contributed by atoms with Crippen LogP contribution >= 0.6 is 11.6 Å². The summed E-state index contributed by atoms with van der Waals surface area (Å²) < 4.78 is 5.77. The first-order valence-corrected chi connectivity index (χ1v) is 8.70. The third-order valence-corrected chi connectivity index (χ3v) is 4.57. The number of nitrogens with zero attached hydrogens (tertiary/aromatic N) is 3. The van der Waals surface area contributed by atoms with Crippen molar-refractivity contribution < 1.29 is 9.53 Å². The van der Waals surface area contributed by atoms with Crippen molar-refractivity contribution in [3.05, 3.63) is 77.7 Å². The molecule has 1 aromatic heterocycles. The van der Waals surface area contributed by atoms with Crippen molar-refractivity contribution in [3.63, 3.8) is 0 Å². The summed E-state index contributed by atoms with van der Waals surface area (Å²) in [6.07, 6.45) is 6.01. The SMILES string of the molecule is O=C1CCC(c2cccc(Oc3cnccn3)c2)N1c1ccc(Cl)cc1. The van der Waals surface area contributed by atoms with Gasteiger partial charge in [-0.05, 0) is 48.4 Å². The molecule has 6 heteroatoms. The first-order chi connectivity index (χ1) is 12.7. The van der Waals surface area contributed by atoms with Crippen LogP contribution in [0.3, 0.4) is 0 Å². The van der Waals surface area contributed by atoms with Crippen LogP contribution in [0.25, 0.3) is 0 Å². The molecule has 0 N–H and O–H groups in total. The quantitative estimate of drug-likeness (QED) is 0.667. The molecule has 1 fully saturated rings. The first kappa shape index (κ1) is 16.5. The van der Waals surface area contributed by atoms with Crippen molar-refractivity contribution in [3.8, 4) is 11.6 Å². The highest BCUT2D eigenvalue weighted by atomic mass is 35.5. The molecule has 1 unspecified atom stereocenters. The fourth-order valence-electron chi connectivity index (χ4n) is 3.17. The van der Waals surface area contributed by atoms with Gasteiger partial charge in [0, 0.05) is 29.5 Å². The Morgan fingerprint density at radius 2 is 1.96 bits per heavy atom. The zero-order valence-corrected chi connectivity index (χ0v) is 14.6. The average Bonchev–Trinajstić information content (AvgIpc) is 3.05. The highest BCUT2D eigenvalue weighted by molar-refractivity contribution is 6.30. The van der Waals surface area contributed by atoms with Gasteiger partial charge in [0.05, 0.1) is 12.2 Å². The van der Waals surface area contributed by atoms with Crippen LogP contribution in [0.5, 0.6) is 11.6 Å². The normalized spacial score (nSPS) is 16.7. The van der Waals surface area contributed by atoms with E-state index in [1.165, 1.54) is 0 Å². The number of ether oxygens (including phenoxy) is 1. The topological polar surface area (TPSA) is 55.3 Å². The number of halogens is 1. The smallest absolute Gasteiger partial charge is 0.237 e. The Kier molecular flexibility index (Phi) is 4.54. The van der Waals surface area contributed by atoms with Gasteiger partial charge in [0.1, 0.15) is 5.75 Å². The predicted molar refractivity (Wildman–Crippen MR) is 99.5 cm³/mol. The number of benzene rings is 2. The molecule has 0 saturated carbocycles. The number of anilines is 1. The largest absolute Gasteiger partial charge is 0.437 e. The molecule has 2 aromatic carbocycles. The van der Waals surface area contributed by atoms with Crippen LogP contribution in [0.15, 0.2) is 67.1 Å². The Bertz CT molecular complexity index is 916. The average molecular weight is 366 g/mol. The summed E-state index contributed by atoms with van der Waals surface area (Å²) in [5.41, 5.74) is 1.87. The number of rotatable bonds is 4. The molecule has 1 aliphatic heterocycles. The van der Waals surface area contributed by atoms with Gasteiger partial charge in [-0.3, -0.25) is 9.78 Å². The van der Waals surface area contributed by atoms with E-state index in [0.717, 1.165) is 17.7 Å². The Labute approximate surface area is 156 Å². The third-order valence-electron chi connectivity index (χ3n) is 4.32. The van der Waals surface area contributed by atoms with E-state index in [1.807, 2.05) is 41.3 Å². The number of hydrogen-bond donors (Lipinski definition) is 0. The monoisotopic (exact) mass is 365 g/mol. The fraction of sp³-hybridized carbons (Fsp3) is 0.150. The predicted octanol–water partition coefficient (Wildman–Crippen LogP) is 4.79. The molecule has 26 heavy (non-hydrogen) atoms. The second-order valence-corrected chi connectivity index (χ2v) is 6.45. The van der Waals surface area contributed by atoms with Gasteiger partial charge in [0.25, 0.3) is 0 Å². The van der Waals surface area contributed by atoms with E-state index in [-0.39, 0.29) is 11.9 Å². The maximum absolute atomic E-state index is 12.5. The molecule has 130 valence electrons. The molecule has 1 amide bonds. The molecule has 0 aliphatic carbocycles. The fourth-order valence-corrected chi connectivity index (χ4v) is 3.30. The third kappa shape index (κ3) is 3.39. The Morgan fingerprint density at radius 1 is 1.12 bits per heavy atom. The molecule has 4 rings (SSSR count). The van der Waals surface area contributed by atoms with E-state index < -0.39 is 0 Å². The standard InChI is InChI=1S/C20H16ClN3O2/c21-15-4-6-16(7-5-15)24-18(8-9-20(24)25)14-2-1-3-17(12-14)26-19-13-22-10-11-23-19/h1-7,10-13,18H,8-9H2. The summed E-state index contributed by atoms with van der Waals surface area (Å²) in [5, 5.41) is 0.649. The summed E-state index contributed by atoms with van der Waals surface area (Å²) in [7, 11) is 0. The van der Waals surface area contributed by atoms with Crippen molar-refractivity contribution in [2.24, 2.45) is 0 Å². The lowest BCUT2D eigenvalue weighted by molar-refractivity contribution is -0.117. The molecule has 2 heterocycles. The minimum atomic E-state index is -0.0333. The second-order valence-electron chi connectivity index (χ2n) is 6.01. The van der Waals surface area contributed by atoms with E-state index >= 15 is 0 Å². The highest BCUT2D eigenvalue weighted by Crippen LogP contribution is 2.38. The molecule has 3 aromatic rings. The minimum Gasteiger partial charge on any atom is -0.437 e. The van der Waals surface area contributed by atoms with Crippen LogP contribution in [0.4, 0.5) is 5.69 Å². The molecule has 0 radical (unpaired) electrons. The van der Waals surface area contributed by atoms with E-state index in [2.05, 4.69) is 9.97 Å². The van der Waals surface area contributed by atoms with Gasteiger partial charge in [-0.15, -0.1) is 0 Å². The first-order valence-electron chi connectivity index (χ1n) is 8.32. The van der Waals surface area contributed by atoms with Crippen LogP contribution in [-0.4, -0.2) is 15.9 Å². The zero-order valence-electron chi connectivity index (χ0n) is 13.9. The van der Waals surface area contributed by atoms with Gasteiger partial charge in [0.15, 0.2) is 0 Å². The molecule has 5 nitrogen and oxygen atoms in total. The number of carbonyl (C=O) groups excluding carboxylic acids is 1. The van der Waals surface area contributed by atoms with Crippen molar-refractivity contribution in [2.75, 3.05) is 4.90 Å². The molecule has 1 saturated heterocycles. The Morgan fingerprint density at radius 3 is 2.73 bits per heavy atom. The van der Waals surface area contributed by atoms with Gasteiger partial charge >= 0.3 is 0 Å². The van der Waals surface area contributed by atoms with Crippen LogP contribution < -0.4 is 9.64 Å². The van der Waals surface area contributed by atoms with E-state index in [0.29, 0.717) is 23.1 Å². The molecule has 0 bridgehead atoms. The number of hydrogen-bond acceptors (Lipinski definition) is 4. The van der Waals surface area contributed by atoms with Gasteiger partial charge in [0.2, 0.25) is 11.8 Å². The summed E-state index contributed by atoms with van der Waals surface area (Å²) in [6, 6.07) is 15.0. The highest BCUT2D eigenvalue weighted by Gasteiger charge is 2.33. The van der Waals surface area contributed by atoms with Crippen molar-refractivity contribution in [1.29, 1.82) is 0 Å². The van der Waals surface area contributed by atoms with Gasteiger partial charge in [-0.2, -0.15) is 0 Å². The van der Waals surface area contributed by atoms with Crippen LogP contribution in [0.1, 0.15) is 24.4 Å². The van der Waals surface area contributed by atoms with Gasteiger partial charge < -0.3 is 9.64 Å². The lowest BCUT2D eigenvalue weighted by Gasteiger charge is -2.25. The maximum atomic E-state index is 12.5. The number of carbonyl (C=O) groups is 1. The number of aromatic nitrogens is 2. The van der Waals surface area contributed by atoms with Crippen LogP contribution in [-0.2, 0) is 4.79 Å². The molecular formula is C20H16ClN3O2. The Balaban J connectivity index is 1.62. The van der Waals surface area contributed by atoms with Gasteiger partial charge in [-0.1, -0.05) is 23.7 Å². The summed E-state index contributed by atoms with van der Waals surface area (Å²) in [4.78, 5) is 22.4. The number of amides is 1. The molecular weight excluding hydrogens is 350 g/mol. The summed E-state index contributed by atoms with van der Waals surface area (Å²) >= 11 is 5.97. The van der Waals surface area contributed by atoms with Gasteiger partial charge in [-0.25, -0.2) is 4.98 Å². The molecule has 0 spiro atoms. The maximum Gasteiger partial charge on any atom is 0.237 e. The summed E-state index contributed by atoms with van der Waals surface area (Å²) in [6.45, 7) is 0. The lowest BCUT2D eigenvalue weighted by Crippen LogP contribution is -2.27. The van der Waals surface area contributed by atoms with E-state index in [1.54, 1.807) is 30.7 Å². The van der Waals surface area contributed by atoms with Crippen LogP contribution in [0, 0.1) is 0 Å². The van der Waals surface area contributed by atoms with Crippen molar-refractivity contribution in [2.45, 2.75) is 18.9 Å². The lowest BCUT2D eigenvalue weighted by atomic mass is 10.0. The Hall–Kier alpha value is -2.92. The summed E-state index contributed by atoms with van der Waals surface area (Å²) in [5.74, 6) is 1.21. The molecule has 1 aliphatic rings. The van der Waals surface area contributed by atoms with E-state index in [9.17, 15) is 4.79 Å².